The van der Waals surface area contributed by atoms with E-state index < -0.39 is 0 Å². The van der Waals surface area contributed by atoms with E-state index in [4.69, 9.17) is 11.6 Å². The molecule has 1 N–H and O–H groups in total. The number of aromatic nitrogens is 4. The summed E-state index contributed by atoms with van der Waals surface area (Å²) in [7, 11) is 1.85. The fraction of sp³-hybridized carbons (Fsp3) is 0.444. The van der Waals surface area contributed by atoms with Crippen molar-refractivity contribution in [1.82, 2.24) is 20.0 Å². The Bertz CT molecular complexity index is 504. The third-order valence-electron chi connectivity index (χ3n) is 2.10. The zero-order chi connectivity index (χ0) is 11.7. The Labute approximate surface area is 102 Å². The monoisotopic (exact) mass is 257 g/mol. The first-order valence-electron chi connectivity index (χ1n) is 4.90. The van der Waals surface area contributed by atoms with E-state index in [0.29, 0.717) is 5.02 Å². The molecule has 7 heteroatoms. The van der Waals surface area contributed by atoms with Crippen LogP contribution in [0.1, 0.15) is 12.6 Å². The summed E-state index contributed by atoms with van der Waals surface area (Å²) in [5, 5.41) is 17.7. The van der Waals surface area contributed by atoms with Crippen molar-refractivity contribution in [3.05, 3.63) is 10.7 Å². The highest BCUT2D eigenvalue weighted by Gasteiger charge is 2.17. The molecule has 0 saturated heterocycles. The minimum absolute atomic E-state index is 0.640. The van der Waals surface area contributed by atoms with Crippen molar-refractivity contribution in [3.63, 3.8) is 0 Å². The summed E-state index contributed by atoms with van der Waals surface area (Å²) in [6.07, 6.45) is 0. The summed E-state index contributed by atoms with van der Waals surface area (Å²) in [5.74, 6) is 0. The fourth-order valence-corrected chi connectivity index (χ4v) is 2.61. The molecule has 0 aliphatic carbocycles. The van der Waals surface area contributed by atoms with Crippen molar-refractivity contribution in [3.8, 4) is 10.7 Å². The Balaban J connectivity index is 2.42. The number of halogens is 1. The number of nitrogens with zero attached hydrogens (tertiary/aromatic N) is 4. The smallest absolute Gasteiger partial charge is 0.206 e. The molecule has 0 atom stereocenters. The lowest BCUT2D eigenvalue weighted by molar-refractivity contribution is 0.762. The van der Waals surface area contributed by atoms with Crippen molar-refractivity contribution in [2.24, 2.45) is 7.05 Å². The van der Waals surface area contributed by atoms with E-state index in [2.05, 4.69) is 20.6 Å². The van der Waals surface area contributed by atoms with Crippen LogP contribution in [0.2, 0.25) is 5.02 Å². The molecular formula is C9H12ClN5S. The van der Waals surface area contributed by atoms with Gasteiger partial charge in [0, 0.05) is 13.6 Å². The third kappa shape index (κ3) is 1.90. The average Bonchev–Trinajstić information content (AvgIpc) is 2.75. The van der Waals surface area contributed by atoms with Gasteiger partial charge in [0.2, 0.25) is 5.13 Å². The largest absolute Gasteiger partial charge is 0.360 e. The van der Waals surface area contributed by atoms with E-state index in [-0.39, 0.29) is 0 Å². The summed E-state index contributed by atoms with van der Waals surface area (Å²) in [6, 6.07) is 0. The number of anilines is 1. The zero-order valence-electron chi connectivity index (χ0n) is 9.28. The second-order valence-electron chi connectivity index (χ2n) is 3.31. The van der Waals surface area contributed by atoms with Crippen molar-refractivity contribution in [2.45, 2.75) is 13.8 Å². The van der Waals surface area contributed by atoms with Crippen molar-refractivity contribution in [1.29, 1.82) is 0 Å². The Hall–Kier alpha value is -1.14. The van der Waals surface area contributed by atoms with E-state index >= 15 is 0 Å². The van der Waals surface area contributed by atoms with Gasteiger partial charge in [0.15, 0.2) is 5.01 Å². The maximum absolute atomic E-state index is 6.17. The first-order chi connectivity index (χ1) is 7.63. The summed E-state index contributed by atoms with van der Waals surface area (Å²) < 4.78 is 1.73. The normalized spacial score (nSPS) is 10.8. The van der Waals surface area contributed by atoms with Gasteiger partial charge >= 0.3 is 0 Å². The number of rotatable bonds is 3. The number of nitrogens with one attached hydrogen (secondary N) is 1. The molecule has 0 saturated carbocycles. The quantitative estimate of drug-likeness (QED) is 0.917. The second-order valence-corrected chi connectivity index (χ2v) is 4.67. The Morgan fingerprint density at radius 3 is 2.75 bits per heavy atom. The van der Waals surface area contributed by atoms with Crippen molar-refractivity contribution in [2.75, 3.05) is 11.9 Å². The SMILES string of the molecule is CCNc1nnc(-c2c(Cl)c(C)nn2C)s1. The van der Waals surface area contributed by atoms with Crippen LogP contribution in [0.15, 0.2) is 0 Å². The Kier molecular flexibility index (Phi) is 3.11. The molecule has 5 nitrogen and oxygen atoms in total. The molecular weight excluding hydrogens is 246 g/mol. The van der Waals surface area contributed by atoms with Gasteiger partial charge in [0.25, 0.3) is 0 Å². The number of aryl methyl sites for hydroxylation is 2. The first kappa shape index (κ1) is 11.3. The van der Waals surface area contributed by atoms with Gasteiger partial charge in [-0.25, -0.2) is 0 Å². The fourth-order valence-electron chi connectivity index (χ4n) is 1.41. The molecule has 0 spiro atoms. The lowest BCUT2D eigenvalue weighted by atomic mass is 10.4. The van der Waals surface area contributed by atoms with E-state index in [1.165, 1.54) is 11.3 Å². The van der Waals surface area contributed by atoms with Gasteiger partial charge in [-0.3, -0.25) is 4.68 Å². The molecule has 16 heavy (non-hydrogen) atoms. The first-order valence-corrected chi connectivity index (χ1v) is 6.09. The van der Waals surface area contributed by atoms with Crippen LogP contribution in [0, 0.1) is 6.92 Å². The lowest BCUT2D eigenvalue weighted by Gasteiger charge is -1.96. The predicted molar refractivity (Wildman–Crippen MR) is 66.0 cm³/mol. The maximum atomic E-state index is 6.17. The van der Waals surface area contributed by atoms with Crippen molar-refractivity contribution >= 4 is 28.1 Å². The topological polar surface area (TPSA) is 55.6 Å². The van der Waals surface area contributed by atoms with Crippen LogP contribution >= 0.6 is 22.9 Å². The lowest BCUT2D eigenvalue weighted by Crippen LogP contribution is -1.94. The molecule has 2 rings (SSSR count). The minimum atomic E-state index is 0.640. The highest BCUT2D eigenvalue weighted by Crippen LogP contribution is 2.33. The minimum Gasteiger partial charge on any atom is -0.360 e. The summed E-state index contributed by atoms with van der Waals surface area (Å²) >= 11 is 7.64. The maximum Gasteiger partial charge on any atom is 0.206 e. The van der Waals surface area contributed by atoms with Gasteiger partial charge in [-0.1, -0.05) is 22.9 Å². The molecule has 0 radical (unpaired) electrons. The Morgan fingerprint density at radius 2 is 2.19 bits per heavy atom. The van der Waals surface area contributed by atoms with E-state index in [0.717, 1.165) is 28.1 Å². The number of hydrogen-bond donors (Lipinski definition) is 1. The van der Waals surface area contributed by atoms with Gasteiger partial charge in [0.1, 0.15) is 5.69 Å². The molecule has 0 bridgehead atoms. The summed E-state index contributed by atoms with van der Waals surface area (Å²) in [5.41, 5.74) is 1.63. The van der Waals surface area contributed by atoms with Crippen molar-refractivity contribution < 1.29 is 0 Å². The van der Waals surface area contributed by atoms with Gasteiger partial charge in [-0.05, 0) is 13.8 Å². The van der Waals surface area contributed by atoms with E-state index in [9.17, 15) is 0 Å². The molecule has 2 heterocycles. The molecule has 0 aliphatic rings. The zero-order valence-corrected chi connectivity index (χ0v) is 10.9. The summed E-state index contributed by atoms with van der Waals surface area (Å²) in [4.78, 5) is 0. The Morgan fingerprint density at radius 1 is 1.44 bits per heavy atom. The molecule has 0 fully saturated rings. The highest BCUT2D eigenvalue weighted by atomic mass is 35.5. The number of hydrogen-bond acceptors (Lipinski definition) is 5. The van der Waals surface area contributed by atoms with Crippen LogP contribution < -0.4 is 5.32 Å². The van der Waals surface area contributed by atoms with Gasteiger partial charge < -0.3 is 5.32 Å². The highest BCUT2D eigenvalue weighted by molar-refractivity contribution is 7.18. The van der Waals surface area contributed by atoms with Crippen LogP contribution in [0.25, 0.3) is 10.7 Å². The third-order valence-corrected chi connectivity index (χ3v) is 3.44. The summed E-state index contributed by atoms with van der Waals surface area (Å²) in [6.45, 7) is 4.72. The van der Waals surface area contributed by atoms with Crippen LogP contribution in [0.5, 0.6) is 0 Å². The van der Waals surface area contributed by atoms with Gasteiger partial charge in [0.05, 0.1) is 10.7 Å². The standard InChI is InChI=1S/C9H12ClN5S/c1-4-11-9-13-12-8(16-9)7-6(10)5(2)14-15(7)3/h4H2,1-3H3,(H,11,13). The molecule has 0 amide bonds. The molecule has 2 aromatic heterocycles. The van der Waals surface area contributed by atoms with Gasteiger partial charge in [-0.15, -0.1) is 10.2 Å². The van der Waals surface area contributed by atoms with Gasteiger partial charge in [-0.2, -0.15) is 5.10 Å². The predicted octanol–water partition coefficient (Wildman–Crippen LogP) is 2.33. The van der Waals surface area contributed by atoms with Crippen LogP contribution in [-0.2, 0) is 7.05 Å². The van der Waals surface area contributed by atoms with E-state index in [1.807, 2.05) is 20.9 Å². The van der Waals surface area contributed by atoms with Crippen LogP contribution in [0.4, 0.5) is 5.13 Å². The second kappa shape index (κ2) is 4.39. The van der Waals surface area contributed by atoms with E-state index in [1.54, 1.807) is 4.68 Å². The van der Waals surface area contributed by atoms with Crippen LogP contribution in [-0.4, -0.2) is 26.5 Å². The molecule has 0 aliphatic heterocycles. The average molecular weight is 258 g/mol. The van der Waals surface area contributed by atoms with Crippen LogP contribution in [0.3, 0.4) is 0 Å². The molecule has 0 unspecified atom stereocenters. The molecule has 0 aromatic carbocycles. The molecule has 86 valence electrons. The molecule has 2 aromatic rings.